The van der Waals surface area contributed by atoms with Crippen LogP contribution in [0, 0.1) is 6.92 Å². The molecule has 1 aromatic carbocycles. The summed E-state index contributed by atoms with van der Waals surface area (Å²) in [7, 11) is 1.47. The number of hydrogen-bond donors (Lipinski definition) is 0. The first kappa shape index (κ1) is 18.4. The summed E-state index contributed by atoms with van der Waals surface area (Å²) in [6.45, 7) is 1.96. The zero-order valence-corrected chi connectivity index (χ0v) is 16.3. The molecule has 7 nitrogen and oxygen atoms in total. The van der Waals surface area contributed by atoms with E-state index in [9.17, 15) is 14.4 Å². The van der Waals surface area contributed by atoms with E-state index in [-0.39, 0.29) is 11.3 Å². The molecular formula is C20H18N2O5S. The highest BCUT2D eigenvalue weighted by molar-refractivity contribution is 7.20. The molecule has 1 aliphatic heterocycles. The smallest absolute Gasteiger partial charge is 0.349 e. The number of aromatic nitrogens is 2. The summed E-state index contributed by atoms with van der Waals surface area (Å²) in [5, 5.41) is 0.457. The molecule has 0 saturated heterocycles. The second kappa shape index (κ2) is 7.20. The number of aryl methyl sites for hydroxylation is 2. The molecule has 28 heavy (non-hydrogen) atoms. The maximum absolute atomic E-state index is 12.7. The first-order valence-corrected chi connectivity index (χ1v) is 9.69. The summed E-state index contributed by atoms with van der Waals surface area (Å²) in [4.78, 5) is 43.0. The third-order valence-electron chi connectivity index (χ3n) is 4.84. The Morgan fingerprint density at radius 3 is 2.86 bits per heavy atom. The average Bonchev–Trinajstić information content (AvgIpc) is 3.31. The van der Waals surface area contributed by atoms with Crippen molar-refractivity contribution in [2.24, 2.45) is 0 Å². The summed E-state index contributed by atoms with van der Waals surface area (Å²) < 4.78 is 12.1. The molecule has 0 unspecified atom stereocenters. The molecule has 0 aliphatic carbocycles. The van der Waals surface area contributed by atoms with Crippen LogP contribution in [0.2, 0.25) is 0 Å². The lowest BCUT2D eigenvalue weighted by Gasteiger charge is -2.07. The number of benzene rings is 1. The second-order valence-electron chi connectivity index (χ2n) is 6.52. The highest BCUT2D eigenvalue weighted by atomic mass is 32.1. The first-order valence-electron chi connectivity index (χ1n) is 8.87. The summed E-state index contributed by atoms with van der Waals surface area (Å²) >= 11 is 1.13. The van der Waals surface area contributed by atoms with Crippen molar-refractivity contribution >= 4 is 33.3 Å². The van der Waals surface area contributed by atoms with Crippen LogP contribution in [-0.4, -0.2) is 35.0 Å². The number of rotatable bonds is 5. The fourth-order valence-corrected chi connectivity index (χ4v) is 4.50. The van der Waals surface area contributed by atoms with Gasteiger partial charge in [0.25, 0.3) is 5.56 Å². The van der Waals surface area contributed by atoms with Gasteiger partial charge in [0, 0.05) is 13.0 Å². The molecule has 0 amide bonds. The first-order chi connectivity index (χ1) is 13.5. The highest BCUT2D eigenvalue weighted by Crippen LogP contribution is 2.29. The third kappa shape index (κ3) is 2.99. The Labute approximate surface area is 164 Å². The Hall–Kier alpha value is -3.00. The largest absolute Gasteiger partial charge is 0.496 e. The minimum Gasteiger partial charge on any atom is -0.496 e. The van der Waals surface area contributed by atoms with Crippen LogP contribution in [0.4, 0.5) is 0 Å². The Balaban J connectivity index is 1.58. The minimum atomic E-state index is -0.631. The Morgan fingerprint density at radius 2 is 2.07 bits per heavy atom. The number of Topliss-reactive ketones (excluding diaryl/α,β-unsaturated/α-hetero) is 1. The van der Waals surface area contributed by atoms with Gasteiger partial charge in [-0.05, 0) is 31.0 Å². The van der Waals surface area contributed by atoms with Crippen molar-refractivity contribution in [1.82, 2.24) is 9.55 Å². The molecule has 8 heteroatoms. The monoisotopic (exact) mass is 398 g/mol. The lowest BCUT2D eigenvalue weighted by molar-refractivity contribution is 0.0478. The number of ether oxygens (including phenoxy) is 2. The fourth-order valence-electron chi connectivity index (χ4n) is 3.42. The molecule has 3 aromatic rings. The fraction of sp³-hybridized carbons (Fsp3) is 0.300. The molecule has 2 aromatic heterocycles. The predicted molar refractivity (Wildman–Crippen MR) is 105 cm³/mol. The maximum Gasteiger partial charge on any atom is 0.349 e. The van der Waals surface area contributed by atoms with Crippen molar-refractivity contribution in [3.05, 3.63) is 56.4 Å². The normalized spacial score (nSPS) is 12.8. The molecule has 0 atom stereocenters. The molecule has 0 radical (unpaired) electrons. The van der Waals surface area contributed by atoms with Gasteiger partial charge in [-0.3, -0.25) is 14.2 Å². The van der Waals surface area contributed by atoms with Crippen LogP contribution in [0.3, 0.4) is 0 Å². The zero-order chi connectivity index (χ0) is 19.8. The van der Waals surface area contributed by atoms with Crippen LogP contribution in [0.5, 0.6) is 5.75 Å². The van der Waals surface area contributed by atoms with Gasteiger partial charge in [-0.25, -0.2) is 9.78 Å². The van der Waals surface area contributed by atoms with E-state index in [0.717, 1.165) is 30.0 Å². The topological polar surface area (TPSA) is 87.5 Å². The number of methoxy groups -OCH3 is 1. The van der Waals surface area contributed by atoms with Gasteiger partial charge in [0.1, 0.15) is 21.3 Å². The second-order valence-corrected chi connectivity index (χ2v) is 7.52. The van der Waals surface area contributed by atoms with Crippen LogP contribution < -0.4 is 10.3 Å². The van der Waals surface area contributed by atoms with Crippen LogP contribution in [0.25, 0.3) is 10.2 Å². The average molecular weight is 398 g/mol. The van der Waals surface area contributed by atoms with Crippen LogP contribution in [-0.2, 0) is 17.7 Å². The summed E-state index contributed by atoms with van der Waals surface area (Å²) in [5.41, 5.74) is 0.784. The van der Waals surface area contributed by atoms with Crippen molar-refractivity contribution in [2.45, 2.75) is 26.3 Å². The standard InChI is InChI=1S/C20H18N2O5S/c1-11-16-18(21-15-8-5-9-22(15)19(16)24)28-17(11)20(25)27-10-13(23)12-6-3-4-7-14(12)26-2/h3-4,6-7H,5,8-10H2,1-2H3. The summed E-state index contributed by atoms with van der Waals surface area (Å²) in [5.74, 6) is 0.188. The van der Waals surface area contributed by atoms with E-state index in [1.807, 2.05) is 0 Å². The molecule has 144 valence electrons. The number of thiophene rings is 1. The molecule has 1 aliphatic rings. The van der Waals surface area contributed by atoms with E-state index >= 15 is 0 Å². The Bertz CT molecular complexity index is 1160. The van der Waals surface area contributed by atoms with Crippen molar-refractivity contribution < 1.29 is 19.1 Å². The van der Waals surface area contributed by atoms with E-state index in [0.29, 0.717) is 38.5 Å². The van der Waals surface area contributed by atoms with Gasteiger partial charge in [0.15, 0.2) is 6.61 Å². The number of nitrogens with zero attached hydrogens (tertiary/aromatic N) is 2. The molecule has 3 heterocycles. The number of para-hydroxylation sites is 1. The predicted octanol–water partition coefficient (Wildman–Crippen LogP) is 2.76. The van der Waals surface area contributed by atoms with Crippen LogP contribution in [0.1, 0.15) is 37.8 Å². The van der Waals surface area contributed by atoms with Gasteiger partial charge in [-0.15, -0.1) is 11.3 Å². The van der Waals surface area contributed by atoms with E-state index in [2.05, 4.69) is 4.98 Å². The number of carbonyl (C=O) groups is 2. The van der Waals surface area contributed by atoms with Gasteiger partial charge in [-0.1, -0.05) is 12.1 Å². The highest BCUT2D eigenvalue weighted by Gasteiger charge is 2.24. The van der Waals surface area contributed by atoms with Gasteiger partial charge >= 0.3 is 5.97 Å². The van der Waals surface area contributed by atoms with Gasteiger partial charge in [-0.2, -0.15) is 0 Å². The van der Waals surface area contributed by atoms with E-state index in [1.165, 1.54) is 7.11 Å². The van der Waals surface area contributed by atoms with E-state index in [4.69, 9.17) is 9.47 Å². The summed E-state index contributed by atoms with van der Waals surface area (Å²) in [6, 6.07) is 6.76. The molecule has 0 fully saturated rings. The van der Waals surface area contributed by atoms with Crippen molar-refractivity contribution in [3.63, 3.8) is 0 Å². The van der Waals surface area contributed by atoms with E-state index in [1.54, 1.807) is 35.8 Å². The van der Waals surface area contributed by atoms with Gasteiger partial charge in [0.05, 0.1) is 18.1 Å². The molecule has 0 saturated carbocycles. The lowest BCUT2D eigenvalue weighted by Crippen LogP contribution is -2.20. The summed E-state index contributed by atoms with van der Waals surface area (Å²) in [6.07, 6.45) is 1.66. The molecular weight excluding hydrogens is 380 g/mol. The minimum absolute atomic E-state index is 0.115. The van der Waals surface area contributed by atoms with Crippen molar-refractivity contribution in [3.8, 4) is 5.75 Å². The Kier molecular flexibility index (Phi) is 4.72. The number of hydrogen-bond acceptors (Lipinski definition) is 7. The number of carbonyl (C=O) groups excluding carboxylic acids is 2. The van der Waals surface area contributed by atoms with Crippen molar-refractivity contribution in [1.29, 1.82) is 0 Å². The SMILES string of the molecule is COc1ccccc1C(=O)COC(=O)c1sc2nc3n(c(=O)c2c1C)CCC3. The molecule has 0 bridgehead atoms. The molecule has 0 spiro atoms. The maximum atomic E-state index is 12.7. The molecule has 4 rings (SSSR count). The van der Waals surface area contributed by atoms with Gasteiger partial charge in [0.2, 0.25) is 5.78 Å². The van der Waals surface area contributed by atoms with Crippen molar-refractivity contribution in [2.75, 3.05) is 13.7 Å². The quantitative estimate of drug-likeness (QED) is 0.485. The number of fused-ring (bicyclic) bond motifs is 2. The molecule has 0 N–H and O–H groups in total. The van der Waals surface area contributed by atoms with Crippen LogP contribution >= 0.6 is 11.3 Å². The zero-order valence-electron chi connectivity index (χ0n) is 15.5. The number of ketones is 1. The third-order valence-corrected chi connectivity index (χ3v) is 6.00. The van der Waals surface area contributed by atoms with Gasteiger partial charge < -0.3 is 9.47 Å². The van der Waals surface area contributed by atoms with Crippen LogP contribution in [0.15, 0.2) is 29.1 Å². The lowest BCUT2D eigenvalue weighted by atomic mass is 10.1. The van der Waals surface area contributed by atoms with E-state index < -0.39 is 12.6 Å². The number of esters is 1. The Morgan fingerprint density at radius 1 is 1.29 bits per heavy atom.